The fourth-order valence-electron chi connectivity index (χ4n) is 2.51. The molecular weight excluding hydrogens is 262 g/mol. The van der Waals surface area contributed by atoms with Crippen molar-refractivity contribution in [2.75, 3.05) is 20.8 Å². The molecular formula is C18H23NO2. The Morgan fingerprint density at radius 2 is 1.52 bits per heavy atom. The molecule has 2 aromatic rings. The number of benzene rings is 2. The van der Waals surface area contributed by atoms with Crippen molar-refractivity contribution in [2.24, 2.45) is 0 Å². The Kier molecular flexibility index (Phi) is 5.23. The molecule has 3 heteroatoms. The van der Waals surface area contributed by atoms with E-state index in [4.69, 9.17) is 9.47 Å². The minimum absolute atomic E-state index is 0.0432. The van der Waals surface area contributed by atoms with Gasteiger partial charge in [0.05, 0.1) is 25.8 Å². The molecule has 0 radical (unpaired) electrons. The van der Waals surface area contributed by atoms with E-state index in [1.807, 2.05) is 18.2 Å². The van der Waals surface area contributed by atoms with Crippen LogP contribution in [0.1, 0.15) is 29.7 Å². The molecule has 0 fully saturated rings. The van der Waals surface area contributed by atoms with Gasteiger partial charge in [0.15, 0.2) is 0 Å². The summed E-state index contributed by atoms with van der Waals surface area (Å²) in [6.07, 6.45) is 0. The van der Waals surface area contributed by atoms with E-state index in [0.717, 1.165) is 23.6 Å². The van der Waals surface area contributed by atoms with Crippen LogP contribution in [0.2, 0.25) is 0 Å². The summed E-state index contributed by atoms with van der Waals surface area (Å²) < 4.78 is 11.1. The Labute approximate surface area is 126 Å². The lowest BCUT2D eigenvalue weighted by Crippen LogP contribution is -2.23. The summed E-state index contributed by atoms with van der Waals surface area (Å²) in [5.41, 5.74) is 3.49. The molecule has 3 nitrogen and oxygen atoms in total. The predicted octanol–water partition coefficient (Wildman–Crippen LogP) is 3.71. The molecule has 1 atom stereocenters. The van der Waals surface area contributed by atoms with Crippen molar-refractivity contribution < 1.29 is 9.47 Å². The van der Waals surface area contributed by atoms with Crippen molar-refractivity contribution in [3.05, 3.63) is 59.2 Å². The maximum Gasteiger partial charge on any atom is 0.127 e. The monoisotopic (exact) mass is 285 g/mol. The summed E-state index contributed by atoms with van der Waals surface area (Å²) in [7, 11) is 3.38. The second kappa shape index (κ2) is 7.14. The first-order chi connectivity index (χ1) is 10.2. The predicted molar refractivity (Wildman–Crippen MR) is 86.2 cm³/mol. The fraction of sp³-hybridized carbons (Fsp3) is 0.333. The normalized spacial score (nSPS) is 12.0. The molecule has 0 amide bonds. The molecule has 0 aliphatic rings. The zero-order chi connectivity index (χ0) is 15.2. The van der Waals surface area contributed by atoms with Gasteiger partial charge >= 0.3 is 0 Å². The number of nitrogens with one attached hydrogen (secondary N) is 1. The molecule has 1 unspecified atom stereocenters. The Morgan fingerprint density at radius 3 is 2.00 bits per heavy atom. The summed E-state index contributed by atoms with van der Waals surface area (Å²) in [5.74, 6) is 1.67. The molecule has 2 aromatic carbocycles. The minimum atomic E-state index is 0.0432. The largest absolute Gasteiger partial charge is 0.496 e. The molecule has 0 saturated carbocycles. The van der Waals surface area contributed by atoms with Gasteiger partial charge in [-0.2, -0.15) is 0 Å². The van der Waals surface area contributed by atoms with Gasteiger partial charge in [0, 0.05) is 0 Å². The highest BCUT2D eigenvalue weighted by atomic mass is 16.5. The zero-order valence-electron chi connectivity index (χ0n) is 13.1. The Balaban J connectivity index is 2.54. The van der Waals surface area contributed by atoms with E-state index in [1.54, 1.807) is 14.2 Å². The molecule has 0 saturated heterocycles. The van der Waals surface area contributed by atoms with E-state index in [-0.39, 0.29) is 6.04 Å². The van der Waals surface area contributed by atoms with Gasteiger partial charge in [0.25, 0.3) is 0 Å². The second-order valence-electron chi connectivity index (χ2n) is 4.98. The molecule has 2 rings (SSSR count). The molecule has 1 N–H and O–H groups in total. The van der Waals surface area contributed by atoms with Gasteiger partial charge in [-0.15, -0.1) is 0 Å². The third-order valence-electron chi connectivity index (χ3n) is 3.57. The van der Waals surface area contributed by atoms with Crippen LogP contribution in [0.5, 0.6) is 11.5 Å². The lowest BCUT2D eigenvalue weighted by Gasteiger charge is -2.23. The number of hydrogen-bond acceptors (Lipinski definition) is 3. The van der Waals surface area contributed by atoms with Gasteiger partial charge in [-0.25, -0.2) is 0 Å². The summed E-state index contributed by atoms with van der Waals surface area (Å²) in [6, 6.07) is 14.5. The van der Waals surface area contributed by atoms with E-state index >= 15 is 0 Å². The third-order valence-corrected chi connectivity index (χ3v) is 3.57. The van der Waals surface area contributed by atoms with Crippen LogP contribution in [0.4, 0.5) is 0 Å². The smallest absolute Gasteiger partial charge is 0.127 e. The summed E-state index contributed by atoms with van der Waals surface area (Å²) >= 11 is 0. The van der Waals surface area contributed by atoms with Crippen molar-refractivity contribution >= 4 is 0 Å². The number of hydrogen-bond donors (Lipinski definition) is 1. The fourth-order valence-corrected chi connectivity index (χ4v) is 2.51. The SMILES string of the molecule is CCNC(c1ccc(C)cc1)c1c(OC)cccc1OC. The molecule has 112 valence electrons. The Hall–Kier alpha value is -2.00. The summed E-state index contributed by atoms with van der Waals surface area (Å²) in [5, 5.41) is 3.52. The molecule has 21 heavy (non-hydrogen) atoms. The van der Waals surface area contributed by atoms with Gasteiger partial charge in [-0.1, -0.05) is 42.8 Å². The van der Waals surface area contributed by atoms with Gasteiger partial charge in [0.2, 0.25) is 0 Å². The summed E-state index contributed by atoms with van der Waals surface area (Å²) in [6.45, 7) is 5.05. The number of methoxy groups -OCH3 is 2. The van der Waals surface area contributed by atoms with Crippen LogP contribution in [0.25, 0.3) is 0 Å². The first kappa shape index (κ1) is 15.4. The van der Waals surface area contributed by atoms with Crippen LogP contribution in [0.15, 0.2) is 42.5 Å². The highest BCUT2D eigenvalue weighted by Crippen LogP contribution is 2.37. The van der Waals surface area contributed by atoms with Crippen molar-refractivity contribution in [2.45, 2.75) is 19.9 Å². The van der Waals surface area contributed by atoms with E-state index < -0.39 is 0 Å². The lowest BCUT2D eigenvalue weighted by molar-refractivity contribution is 0.377. The van der Waals surface area contributed by atoms with Gasteiger partial charge < -0.3 is 14.8 Å². The van der Waals surface area contributed by atoms with E-state index in [2.05, 4.69) is 43.4 Å². The standard InChI is InChI=1S/C18H23NO2/c1-5-19-18(14-11-9-13(2)10-12-14)17-15(20-3)7-6-8-16(17)21-4/h6-12,18-19H,5H2,1-4H3. The topological polar surface area (TPSA) is 30.5 Å². The van der Waals surface area contributed by atoms with Crippen LogP contribution in [0, 0.1) is 6.92 Å². The van der Waals surface area contributed by atoms with Gasteiger partial charge in [0.1, 0.15) is 11.5 Å². The first-order valence-corrected chi connectivity index (χ1v) is 7.22. The third kappa shape index (κ3) is 3.37. The average molecular weight is 285 g/mol. The molecule has 0 spiro atoms. The van der Waals surface area contributed by atoms with E-state index in [9.17, 15) is 0 Å². The maximum absolute atomic E-state index is 5.54. The van der Waals surface area contributed by atoms with Crippen LogP contribution < -0.4 is 14.8 Å². The number of aryl methyl sites for hydroxylation is 1. The van der Waals surface area contributed by atoms with Crippen molar-refractivity contribution in [1.29, 1.82) is 0 Å². The van der Waals surface area contributed by atoms with Crippen LogP contribution >= 0.6 is 0 Å². The average Bonchev–Trinajstić information content (AvgIpc) is 2.53. The van der Waals surface area contributed by atoms with Crippen LogP contribution in [-0.2, 0) is 0 Å². The Morgan fingerprint density at radius 1 is 0.952 bits per heavy atom. The summed E-state index contributed by atoms with van der Waals surface area (Å²) in [4.78, 5) is 0. The van der Waals surface area contributed by atoms with Gasteiger partial charge in [-0.05, 0) is 31.2 Å². The number of ether oxygens (including phenoxy) is 2. The highest BCUT2D eigenvalue weighted by molar-refractivity contribution is 5.50. The van der Waals surface area contributed by atoms with E-state index in [0.29, 0.717) is 0 Å². The van der Waals surface area contributed by atoms with E-state index in [1.165, 1.54) is 11.1 Å². The highest BCUT2D eigenvalue weighted by Gasteiger charge is 2.21. The molecule has 0 aromatic heterocycles. The molecule has 0 aliphatic heterocycles. The second-order valence-corrected chi connectivity index (χ2v) is 4.98. The zero-order valence-corrected chi connectivity index (χ0v) is 13.1. The van der Waals surface area contributed by atoms with Crippen molar-refractivity contribution in [3.63, 3.8) is 0 Å². The molecule has 0 bridgehead atoms. The first-order valence-electron chi connectivity index (χ1n) is 7.22. The maximum atomic E-state index is 5.54. The van der Waals surface area contributed by atoms with Crippen molar-refractivity contribution in [3.8, 4) is 11.5 Å². The van der Waals surface area contributed by atoms with Crippen molar-refractivity contribution in [1.82, 2.24) is 5.32 Å². The number of rotatable bonds is 6. The molecule has 0 aliphatic carbocycles. The van der Waals surface area contributed by atoms with Gasteiger partial charge in [-0.3, -0.25) is 0 Å². The quantitative estimate of drug-likeness (QED) is 0.877. The minimum Gasteiger partial charge on any atom is -0.496 e. The Bertz CT molecular complexity index is 556. The molecule has 0 heterocycles. The van der Waals surface area contributed by atoms with Crippen LogP contribution in [0.3, 0.4) is 0 Å². The lowest BCUT2D eigenvalue weighted by atomic mass is 9.96. The van der Waals surface area contributed by atoms with Crippen LogP contribution in [-0.4, -0.2) is 20.8 Å².